The molecule has 0 heterocycles. The van der Waals surface area contributed by atoms with Gasteiger partial charge < -0.3 is 20.4 Å². The number of unbranched alkanes of at least 4 members (excludes halogenated alkanes) is 4. The molecule has 4 N–H and O–H groups in total. The van der Waals surface area contributed by atoms with E-state index >= 15 is 0 Å². The lowest BCUT2D eigenvalue weighted by molar-refractivity contribution is 0.0848. The maximum absolute atomic E-state index is 10.2. The van der Waals surface area contributed by atoms with Crippen molar-refractivity contribution in [3.63, 3.8) is 0 Å². The van der Waals surface area contributed by atoms with Crippen molar-refractivity contribution in [3.8, 4) is 0 Å². The molecule has 24 heavy (non-hydrogen) atoms. The van der Waals surface area contributed by atoms with Crippen LogP contribution in [0.25, 0.3) is 0 Å². The van der Waals surface area contributed by atoms with Crippen LogP contribution in [-0.4, -0.2) is 45.3 Å². The van der Waals surface area contributed by atoms with Crippen LogP contribution in [0.15, 0.2) is 12.2 Å². The van der Waals surface area contributed by atoms with E-state index in [2.05, 4.69) is 19.1 Å². The monoisotopic (exact) mass is 342 g/mol. The van der Waals surface area contributed by atoms with Crippen LogP contribution in [0.5, 0.6) is 0 Å². The van der Waals surface area contributed by atoms with Crippen molar-refractivity contribution in [2.75, 3.05) is 6.61 Å². The molecule has 0 radical (unpaired) electrons. The quantitative estimate of drug-likeness (QED) is 0.306. The molecule has 0 amide bonds. The third-order valence-corrected chi connectivity index (χ3v) is 5.35. The fourth-order valence-electron chi connectivity index (χ4n) is 3.81. The number of hydrogen-bond acceptors (Lipinski definition) is 4. The molecule has 0 aromatic heterocycles. The van der Waals surface area contributed by atoms with Crippen LogP contribution in [0.1, 0.15) is 77.6 Å². The van der Waals surface area contributed by atoms with Gasteiger partial charge >= 0.3 is 0 Å². The molecule has 1 rings (SSSR count). The minimum atomic E-state index is -0.448. The van der Waals surface area contributed by atoms with Crippen molar-refractivity contribution in [2.45, 2.75) is 95.9 Å². The lowest BCUT2D eigenvalue weighted by Gasteiger charge is -2.23. The predicted octanol–water partition coefficient (Wildman–Crippen LogP) is 3.17. The van der Waals surface area contributed by atoms with Gasteiger partial charge in [0.25, 0.3) is 0 Å². The predicted molar refractivity (Wildman–Crippen MR) is 97.7 cm³/mol. The second kappa shape index (κ2) is 12.9. The zero-order chi connectivity index (χ0) is 17.8. The Bertz CT molecular complexity index is 332. The molecule has 0 unspecified atom stereocenters. The van der Waals surface area contributed by atoms with Crippen LogP contribution in [0.3, 0.4) is 0 Å². The third-order valence-electron chi connectivity index (χ3n) is 5.35. The van der Waals surface area contributed by atoms with E-state index in [0.717, 1.165) is 64.2 Å². The second-order valence-corrected chi connectivity index (χ2v) is 7.35. The number of aliphatic hydroxyl groups excluding tert-OH is 4. The van der Waals surface area contributed by atoms with Crippen molar-refractivity contribution < 1.29 is 20.4 Å². The molecule has 4 nitrogen and oxygen atoms in total. The Balaban J connectivity index is 2.36. The maximum Gasteiger partial charge on any atom is 0.0599 e. The summed E-state index contributed by atoms with van der Waals surface area (Å²) in [7, 11) is 0. The minimum Gasteiger partial charge on any atom is -0.396 e. The van der Waals surface area contributed by atoms with Crippen molar-refractivity contribution in [2.24, 2.45) is 11.8 Å². The molecule has 1 saturated carbocycles. The summed E-state index contributed by atoms with van der Waals surface area (Å²) >= 11 is 0. The lowest BCUT2D eigenvalue weighted by atomic mass is 9.85. The fourth-order valence-corrected chi connectivity index (χ4v) is 3.81. The van der Waals surface area contributed by atoms with Gasteiger partial charge in [-0.1, -0.05) is 38.3 Å². The minimum absolute atomic E-state index is 0.0860. The highest BCUT2D eigenvalue weighted by molar-refractivity contribution is 4.96. The van der Waals surface area contributed by atoms with Crippen LogP contribution < -0.4 is 0 Å². The van der Waals surface area contributed by atoms with Gasteiger partial charge in [0.1, 0.15) is 0 Å². The largest absolute Gasteiger partial charge is 0.396 e. The Morgan fingerprint density at radius 2 is 1.71 bits per heavy atom. The van der Waals surface area contributed by atoms with E-state index < -0.39 is 12.2 Å². The summed E-state index contributed by atoms with van der Waals surface area (Å²) in [4.78, 5) is 0. The van der Waals surface area contributed by atoms with E-state index in [1.807, 2.05) is 0 Å². The average molecular weight is 343 g/mol. The van der Waals surface area contributed by atoms with E-state index in [1.54, 1.807) is 0 Å². The fraction of sp³-hybridized carbons (Fsp3) is 0.900. The van der Waals surface area contributed by atoms with Gasteiger partial charge in [0.05, 0.1) is 18.3 Å². The Hall–Kier alpha value is -0.420. The standard InChI is InChI=1S/C20H38O4/c1-2-3-7-10-16(22)12-13-18-17(19(23)15-20(18)24)11-8-5-4-6-9-14-21/h5,8,16-24H,2-4,6-7,9-15H2,1H3/b8-5-/t16-,17+,18+,19-,20+/m0/s1. The number of rotatable bonds is 13. The summed E-state index contributed by atoms with van der Waals surface area (Å²) in [6.07, 6.45) is 12.8. The first kappa shape index (κ1) is 21.6. The van der Waals surface area contributed by atoms with Crippen molar-refractivity contribution in [3.05, 3.63) is 12.2 Å². The molecule has 1 aliphatic carbocycles. The molecule has 5 atom stereocenters. The van der Waals surface area contributed by atoms with Gasteiger partial charge in [-0.15, -0.1) is 0 Å². The average Bonchev–Trinajstić information content (AvgIpc) is 2.82. The van der Waals surface area contributed by atoms with Crippen LogP contribution in [-0.2, 0) is 0 Å². The molecule has 0 spiro atoms. The molecule has 0 aliphatic heterocycles. The van der Waals surface area contributed by atoms with E-state index in [9.17, 15) is 15.3 Å². The van der Waals surface area contributed by atoms with E-state index in [1.165, 1.54) is 0 Å². The zero-order valence-corrected chi connectivity index (χ0v) is 15.3. The van der Waals surface area contributed by atoms with Crippen LogP contribution in [0.4, 0.5) is 0 Å². The molecule has 142 valence electrons. The molecule has 0 saturated heterocycles. The van der Waals surface area contributed by atoms with Crippen molar-refractivity contribution in [1.29, 1.82) is 0 Å². The SMILES string of the molecule is CCCCC[C@H](O)CC[C@@H]1[C@@H](C/C=C\CCCCO)[C@@H](O)C[C@H]1O. The summed E-state index contributed by atoms with van der Waals surface area (Å²) in [6.45, 7) is 2.40. The summed E-state index contributed by atoms with van der Waals surface area (Å²) < 4.78 is 0. The first-order valence-corrected chi connectivity index (χ1v) is 9.90. The Labute approximate surface area is 147 Å². The molecular formula is C20H38O4. The van der Waals surface area contributed by atoms with Gasteiger partial charge in [0.2, 0.25) is 0 Å². The first-order valence-electron chi connectivity index (χ1n) is 9.90. The molecule has 1 aliphatic rings. The van der Waals surface area contributed by atoms with Crippen molar-refractivity contribution >= 4 is 0 Å². The van der Waals surface area contributed by atoms with Gasteiger partial charge in [-0.3, -0.25) is 0 Å². The highest BCUT2D eigenvalue weighted by Gasteiger charge is 2.40. The van der Waals surface area contributed by atoms with E-state index in [-0.39, 0.29) is 24.5 Å². The smallest absolute Gasteiger partial charge is 0.0599 e. The number of allylic oxidation sites excluding steroid dienone is 2. The van der Waals surface area contributed by atoms with Gasteiger partial charge in [-0.2, -0.15) is 0 Å². The zero-order valence-electron chi connectivity index (χ0n) is 15.3. The summed E-state index contributed by atoms with van der Waals surface area (Å²) in [5.74, 6) is 0.180. The molecule has 0 aromatic rings. The van der Waals surface area contributed by atoms with E-state index in [4.69, 9.17) is 5.11 Å². The van der Waals surface area contributed by atoms with Gasteiger partial charge in [0.15, 0.2) is 0 Å². The second-order valence-electron chi connectivity index (χ2n) is 7.35. The Kier molecular flexibility index (Phi) is 11.6. The highest BCUT2D eigenvalue weighted by atomic mass is 16.3. The molecule has 0 bridgehead atoms. The van der Waals surface area contributed by atoms with Crippen molar-refractivity contribution in [1.82, 2.24) is 0 Å². The van der Waals surface area contributed by atoms with Crippen LogP contribution in [0, 0.1) is 11.8 Å². The third kappa shape index (κ3) is 8.11. The topological polar surface area (TPSA) is 80.9 Å². The summed E-state index contributed by atoms with van der Waals surface area (Å²) in [5, 5.41) is 39.3. The van der Waals surface area contributed by atoms with Crippen LogP contribution in [0.2, 0.25) is 0 Å². The molecular weight excluding hydrogens is 304 g/mol. The number of hydrogen-bond donors (Lipinski definition) is 4. The van der Waals surface area contributed by atoms with Gasteiger partial charge in [-0.25, -0.2) is 0 Å². The lowest BCUT2D eigenvalue weighted by Crippen LogP contribution is -2.23. The number of aliphatic hydroxyl groups is 4. The first-order chi connectivity index (χ1) is 11.6. The summed E-state index contributed by atoms with van der Waals surface area (Å²) in [5.41, 5.74) is 0. The normalized spacial score (nSPS) is 28.7. The molecule has 1 fully saturated rings. The van der Waals surface area contributed by atoms with E-state index in [0.29, 0.717) is 6.42 Å². The maximum atomic E-state index is 10.2. The molecule has 4 heteroatoms. The van der Waals surface area contributed by atoms with Gasteiger partial charge in [0, 0.05) is 6.61 Å². The van der Waals surface area contributed by atoms with Crippen LogP contribution >= 0.6 is 0 Å². The summed E-state index contributed by atoms with van der Waals surface area (Å²) in [6, 6.07) is 0. The highest BCUT2D eigenvalue weighted by Crippen LogP contribution is 2.38. The van der Waals surface area contributed by atoms with Gasteiger partial charge in [-0.05, 0) is 63.2 Å². The Morgan fingerprint density at radius 1 is 0.958 bits per heavy atom. The molecule has 0 aromatic carbocycles. The Morgan fingerprint density at radius 3 is 2.42 bits per heavy atom.